The molecule has 86 valence electrons. The topological polar surface area (TPSA) is 39.1 Å². The molecule has 0 saturated carbocycles. The van der Waals surface area contributed by atoms with Gasteiger partial charge in [0.05, 0.1) is 12.4 Å². The smallest absolute Gasteiger partial charge is 0.157 e. The highest BCUT2D eigenvalue weighted by Crippen LogP contribution is 2.07. The summed E-state index contributed by atoms with van der Waals surface area (Å²) in [6, 6.07) is 0.511. The molecule has 15 heavy (non-hydrogen) atoms. The van der Waals surface area contributed by atoms with Gasteiger partial charge in [-0.25, -0.2) is 0 Å². The van der Waals surface area contributed by atoms with Gasteiger partial charge in [-0.15, -0.1) is 0 Å². The van der Waals surface area contributed by atoms with E-state index in [1.807, 2.05) is 10.9 Å². The lowest BCUT2D eigenvalue weighted by Gasteiger charge is -2.07. The predicted molar refractivity (Wildman–Crippen MR) is 61.2 cm³/mol. The van der Waals surface area contributed by atoms with Crippen molar-refractivity contribution >= 4 is 0 Å². The summed E-state index contributed by atoms with van der Waals surface area (Å²) in [6.45, 7) is 8.90. The van der Waals surface area contributed by atoms with Gasteiger partial charge in [-0.1, -0.05) is 20.8 Å². The quantitative estimate of drug-likeness (QED) is 0.697. The van der Waals surface area contributed by atoms with Crippen molar-refractivity contribution in [1.29, 1.82) is 0 Å². The Balaban J connectivity index is 2.19. The molecule has 0 bridgehead atoms. The summed E-state index contributed by atoms with van der Waals surface area (Å²) < 4.78 is 7.45. The van der Waals surface area contributed by atoms with Crippen molar-refractivity contribution in [2.75, 3.05) is 13.2 Å². The third-order valence-electron chi connectivity index (χ3n) is 1.99. The van der Waals surface area contributed by atoms with Crippen LogP contribution in [-0.2, 0) is 6.54 Å². The van der Waals surface area contributed by atoms with Crippen LogP contribution < -0.4 is 10.1 Å². The maximum atomic E-state index is 5.54. The van der Waals surface area contributed by atoms with E-state index in [1.165, 1.54) is 0 Å². The predicted octanol–water partition coefficient (Wildman–Crippen LogP) is 1.67. The van der Waals surface area contributed by atoms with E-state index in [1.54, 1.807) is 6.20 Å². The Morgan fingerprint density at radius 2 is 2.33 bits per heavy atom. The number of hydrogen-bond acceptors (Lipinski definition) is 3. The Bertz CT molecular complexity index is 271. The standard InChI is InChI=1S/C11H21N3O/c1-4-6-14-9-11(8-13-14)15-7-5-12-10(2)3/h8-10,12H,4-7H2,1-3H3. The van der Waals surface area contributed by atoms with Gasteiger partial charge in [0, 0.05) is 19.1 Å². The molecule has 0 radical (unpaired) electrons. The van der Waals surface area contributed by atoms with Gasteiger partial charge in [-0.05, 0) is 6.42 Å². The fourth-order valence-corrected chi connectivity index (χ4v) is 1.29. The van der Waals surface area contributed by atoms with Gasteiger partial charge in [0.1, 0.15) is 6.61 Å². The number of nitrogens with zero attached hydrogens (tertiary/aromatic N) is 2. The molecule has 0 atom stereocenters. The number of aryl methyl sites for hydroxylation is 1. The summed E-state index contributed by atoms with van der Waals surface area (Å²) in [4.78, 5) is 0. The summed E-state index contributed by atoms with van der Waals surface area (Å²) in [5.41, 5.74) is 0. The Kier molecular flexibility index (Phi) is 5.18. The monoisotopic (exact) mass is 211 g/mol. The Labute approximate surface area is 91.6 Å². The van der Waals surface area contributed by atoms with Gasteiger partial charge >= 0.3 is 0 Å². The molecule has 4 nitrogen and oxygen atoms in total. The van der Waals surface area contributed by atoms with Crippen LogP contribution in [0.2, 0.25) is 0 Å². The zero-order valence-electron chi connectivity index (χ0n) is 9.86. The van der Waals surface area contributed by atoms with Crippen LogP contribution in [0.25, 0.3) is 0 Å². The van der Waals surface area contributed by atoms with Crippen LogP contribution in [0.15, 0.2) is 12.4 Å². The maximum absolute atomic E-state index is 5.54. The number of ether oxygens (including phenoxy) is 1. The molecule has 0 saturated heterocycles. The van der Waals surface area contributed by atoms with E-state index in [0.29, 0.717) is 12.6 Å². The van der Waals surface area contributed by atoms with E-state index < -0.39 is 0 Å². The van der Waals surface area contributed by atoms with Crippen molar-refractivity contribution in [2.24, 2.45) is 0 Å². The van der Waals surface area contributed by atoms with E-state index in [9.17, 15) is 0 Å². The van der Waals surface area contributed by atoms with Crippen LogP contribution in [0.3, 0.4) is 0 Å². The summed E-state index contributed by atoms with van der Waals surface area (Å²) in [5.74, 6) is 0.856. The molecule has 0 aromatic carbocycles. The molecule has 1 aromatic rings. The fourth-order valence-electron chi connectivity index (χ4n) is 1.29. The molecule has 0 fully saturated rings. The summed E-state index contributed by atoms with van der Waals surface area (Å²) >= 11 is 0. The SMILES string of the molecule is CCCn1cc(OCCNC(C)C)cn1. The molecule has 1 aromatic heterocycles. The van der Waals surface area contributed by atoms with E-state index in [-0.39, 0.29) is 0 Å². The lowest BCUT2D eigenvalue weighted by molar-refractivity contribution is 0.308. The Hall–Kier alpha value is -1.03. The molecular formula is C11H21N3O. The molecule has 0 aliphatic heterocycles. The Morgan fingerprint density at radius 3 is 3.00 bits per heavy atom. The average Bonchev–Trinajstić information content (AvgIpc) is 2.61. The summed E-state index contributed by atoms with van der Waals surface area (Å²) in [6.07, 6.45) is 4.81. The van der Waals surface area contributed by atoms with Crippen molar-refractivity contribution in [3.8, 4) is 5.75 Å². The minimum Gasteiger partial charge on any atom is -0.489 e. The molecule has 0 spiro atoms. The van der Waals surface area contributed by atoms with Gasteiger partial charge in [0.25, 0.3) is 0 Å². The van der Waals surface area contributed by atoms with Crippen LogP contribution in [0.1, 0.15) is 27.2 Å². The van der Waals surface area contributed by atoms with Crippen molar-refractivity contribution < 1.29 is 4.74 Å². The van der Waals surface area contributed by atoms with Crippen LogP contribution in [0.5, 0.6) is 5.75 Å². The first-order valence-electron chi connectivity index (χ1n) is 5.61. The first-order chi connectivity index (χ1) is 7.22. The highest BCUT2D eigenvalue weighted by Gasteiger charge is 1.98. The number of hydrogen-bond donors (Lipinski definition) is 1. The minimum absolute atomic E-state index is 0.511. The largest absolute Gasteiger partial charge is 0.489 e. The third-order valence-corrected chi connectivity index (χ3v) is 1.99. The second-order valence-electron chi connectivity index (χ2n) is 3.90. The molecular weight excluding hydrogens is 190 g/mol. The molecule has 0 aliphatic carbocycles. The van der Waals surface area contributed by atoms with Crippen molar-refractivity contribution in [2.45, 2.75) is 39.8 Å². The van der Waals surface area contributed by atoms with Crippen molar-refractivity contribution in [1.82, 2.24) is 15.1 Å². The first-order valence-corrected chi connectivity index (χ1v) is 5.61. The maximum Gasteiger partial charge on any atom is 0.157 e. The van der Waals surface area contributed by atoms with Crippen LogP contribution in [0.4, 0.5) is 0 Å². The molecule has 0 unspecified atom stereocenters. The van der Waals surface area contributed by atoms with Crippen molar-refractivity contribution in [3.63, 3.8) is 0 Å². The van der Waals surface area contributed by atoms with Crippen molar-refractivity contribution in [3.05, 3.63) is 12.4 Å². The van der Waals surface area contributed by atoms with Crippen LogP contribution in [0, 0.1) is 0 Å². The number of rotatable bonds is 7. The highest BCUT2D eigenvalue weighted by molar-refractivity contribution is 5.11. The molecule has 0 amide bonds. The fraction of sp³-hybridized carbons (Fsp3) is 0.727. The van der Waals surface area contributed by atoms with E-state index >= 15 is 0 Å². The normalized spacial score (nSPS) is 10.9. The van der Waals surface area contributed by atoms with E-state index in [0.717, 1.165) is 25.3 Å². The summed E-state index contributed by atoms with van der Waals surface area (Å²) in [5, 5.41) is 7.49. The molecule has 4 heteroatoms. The van der Waals surface area contributed by atoms with Crippen LogP contribution >= 0.6 is 0 Å². The molecule has 1 N–H and O–H groups in total. The van der Waals surface area contributed by atoms with Gasteiger partial charge in [-0.2, -0.15) is 5.10 Å². The first kappa shape index (κ1) is 12.0. The second kappa shape index (κ2) is 6.45. The molecule has 1 rings (SSSR count). The third kappa shape index (κ3) is 4.83. The van der Waals surface area contributed by atoms with Crippen LogP contribution in [-0.4, -0.2) is 29.0 Å². The highest BCUT2D eigenvalue weighted by atomic mass is 16.5. The average molecular weight is 211 g/mol. The van der Waals surface area contributed by atoms with Gasteiger partial charge in [0.15, 0.2) is 5.75 Å². The Morgan fingerprint density at radius 1 is 1.53 bits per heavy atom. The lowest BCUT2D eigenvalue weighted by atomic mass is 10.4. The van der Waals surface area contributed by atoms with Gasteiger partial charge < -0.3 is 10.1 Å². The van der Waals surface area contributed by atoms with Gasteiger partial charge in [-0.3, -0.25) is 4.68 Å². The van der Waals surface area contributed by atoms with Gasteiger partial charge in [0.2, 0.25) is 0 Å². The van der Waals surface area contributed by atoms with E-state index in [2.05, 4.69) is 31.2 Å². The second-order valence-corrected chi connectivity index (χ2v) is 3.90. The molecule has 1 heterocycles. The molecule has 0 aliphatic rings. The summed E-state index contributed by atoms with van der Waals surface area (Å²) in [7, 11) is 0. The number of aromatic nitrogens is 2. The van der Waals surface area contributed by atoms with E-state index in [4.69, 9.17) is 4.74 Å². The number of nitrogens with one attached hydrogen (secondary N) is 1. The zero-order valence-corrected chi connectivity index (χ0v) is 9.86. The zero-order chi connectivity index (χ0) is 11.1. The lowest BCUT2D eigenvalue weighted by Crippen LogP contribution is -2.27. The minimum atomic E-state index is 0.511.